The summed E-state index contributed by atoms with van der Waals surface area (Å²) < 4.78 is 97.5. The summed E-state index contributed by atoms with van der Waals surface area (Å²) in [4.78, 5) is 18.5. The number of rotatable bonds is 6. The molecule has 0 bridgehead atoms. The zero-order chi connectivity index (χ0) is 28.1. The van der Waals surface area contributed by atoms with E-state index >= 15 is 0 Å². The largest absolute Gasteiger partial charge is 0.433 e. The van der Waals surface area contributed by atoms with Crippen molar-refractivity contribution in [3.05, 3.63) is 87.8 Å². The van der Waals surface area contributed by atoms with Crippen molar-refractivity contribution in [2.45, 2.75) is 26.1 Å². The molecule has 0 aliphatic rings. The second-order valence-electron chi connectivity index (χ2n) is 8.27. The lowest BCUT2D eigenvalue weighted by molar-refractivity contribution is -0.142. The molecule has 202 valence electrons. The van der Waals surface area contributed by atoms with Crippen molar-refractivity contribution in [2.75, 3.05) is 5.32 Å². The van der Waals surface area contributed by atoms with Gasteiger partial charge in [0.25, 0.3) is 5.91 Å². The van der Waals surface area contributed by atoms with Crippen molar-refractivity contribution in [1.29, 1.82) is 0 Å². The van der Waals surface area contributed by atoms with Crippen LogP contribution >= 0.6 is 11.3 Å². The molecule has 0 fully saturated rings. The van der Waals surface area contributed by atoms with E-state index in [1.807, 2.05) is 6.92 Å². The summed E-state index contributed by atoms with van der Waals surface area (Å²) in [5, 5.41) is 9.94. The lowest BCUT2D eigenvalue weighted by atomic mass is 10.2. The molecule has 15 heteroatoms. The van der Waals surface area contributed by atoms with Gasteiger partial charge in [0, 0.05) is 28.8 Å². The Morgan fingerprint density at radius 2 is 1.82 bits per heavy atom. The van der Waals surface area contributed by atoms with E-state index in [4.69, 9.17) is 0 Å². The van der Waals surface area contributed by atoms with E-state index in [2.05, 4.69) is 20.5 Å². The molecule has 0 saturated heterocycles. The zero-order valence-corrected chi connectivity index (χ0v) is 20.5. The SMILES string of the molecule is CCc1ccc(-c2cc(C(F)(F)F)n3nc(C(=O)Nc4cnn(Cc5c(F)cc(F)c(F)c5F)c4)cc3n2)s1. The molecular formula is C24H15F7N6OS. The summed E-state index contributed by atoms with van der Waals surface area (Å²) in [6, 6.07) is 5.59. The Bertz CT molecular complexity index is 1720. The van der Waals surface area contributed by atoms with Gasteiger partial charge in [-0.2, -0.15) is 23.4 Å². The molecule has 0 saturated carbocycles. The van der Waals surface area contributed by atoms with Gasteiger partial charge in [0.05, 0.1) is 29.0 Å². The molecule has 1 amide bonds. The number of aryl methyl sites for hydroxylation is 1. The van der Waals surface area contributed by atoms with Gasteiger partial charge in [0.1, 0.15) is 5.82 Å². The number of fused-ring (bicyclic) bond motifs is 1. The maximum absolute atomic E-state index is 14.0. The number of anilines is 1. The van der Waals surface area contributed by atoms with Gasteiger partial charge in [-0.15, -0.1) is 11.3 Å². The lowest BCUT2D eigenvalue weighted by Gasteiger charge is -2.10. The van der Waals surface area contributed by atoms with Crippen molar-refractivity contribution in [1.82, 2.24) is 24.4 Å². The first-order valence-electron chi connectivity index (χ1n) is 11.2. The van der Waals surface area contributed by atoms with Crippen LogP contribution in [0.1, 0.15) is 33.5 Å². The minimum absolute atomic E-state index is 0.00386. The number of alkyl halides is 3. The van der Waals surface area contributed by atoms with E-state index < -0.39 is 58.8 Å². The van der Waals surface area contributed by atoms with Gasteiger partial charge in [0.15, 0.2) is 34.5 Å². The number of hydrogen-bond donors (Lipinski definition) is 1. The molecule has 0 spiro atoms. The highest BCUT2D eigenvalue weighted by molar-refractivity contribution is 7.15. The molecule has 0 radical (unpaired) electrons. The first-order valence-corrected chi connectivity index (χ1v) is 12.0. The molecule has 1 aromatic carbocycles. The van der Waals surface area contributed by atoms with Gasteiger partial charge in [-0.05, 0) is 24.6 Å². The van der Waals surface area contributed by atoms with Gasteiger partial charge in [-0.25, -0.2) is 27.1 Å². The highest BCUT2D eigenvalue weighted by Gasteiger charge is 2.36. The summed E-state index contributed by atoms with van der Waals surface area (Å²) in [5.74, 6) is -7.51. The Morgan fingerprint density at radius 3 is 2.51 bits per heavy atom. The van der Waals surface area contributed by atoms with Crippen molar-refractivity contribution in [3.8, 4) is 10.6 Å². The monoisotopic (exact) mass is 568 g/mol. The minimum Gasteiger partial charge on any atom is -0.318 e. The number of hydrogen-bond acceptors (Lipinski definition) is 5. The summed E-state index contributed by atoms with van der Waals surface area (Å²) >= 11 is 1.30. The second-order valence-corrected chi connectivity index (χ2v) is 9.44. The third-order valence-corrected chi connectivity index (χ3v) is 6.89. The third kappa shape index (κ3) is 5.08. The normalized spacial score (nSPS) is 11.9. The highest BCUT2D eigenvalue weighted by Crippen LogP contribution is 2.34. The van der Waals surface area contributed by atoms with E-state index in [9.17, 15) is 35.5 Å². The highest BCUT2D eigenvalue weighted by atomic mass is 32.1. The van der Waals surface area contributed by atoms with Gasteiger partial charge in [-0.1, -0.05) is 6.92 Å². The lowest BCUT2D eigenvalue weighted by Crippen LogP contribution is -2.15. The van der Waals surface area contributed by atoms with E-state index in [1.54, 1.807) is 12.1 Å². The summed E-state index contributed by atoms with van der Waals surface area (Å²) in [7, 11) is 0. The molecule has 4 heterocycles. The first kappa shape index (κ1) is 26.3. The number of nitrogens with zero attached hydrogens (tertiary/aromatic N) is 5. The summed E-state index contributed by atoms with van der Waals surface area (Å²) in [6.07, 6.45) is -1.88. The molecule has 0 unspecified atom stereocenters. The number of aromatic nitrogens is 5. The van der Waals surface area contributed by atoms with Gasteiger partial charge < -0.3 is 5.32 Å². The van der Waals surface area contributed by atoms with E-state index in [1.165, 1.54) is 11.3 Å². The molecule has 0 aliphatic heterocycles. The van der Waals surface area contributed by atoms with Crippen LogP contribution in [0, 0.1) is 23.3 Å². The number of carbonyl (C=O) groups excluding carboxylic acids is 1. The fourth-order valence-electron chi connectivity index (χ4n) is 3.74. The van der Waals surface area contributed by atoms with Crippen LogP contribution in [0.5, 0.6) is 0 Å². The first-order chi connectivity index (χ1) is 18.4. The van der Waals surface area contributed by atoms with E-state index in [0.29, 0.717) is 15.8 Å². The zero-order valence-electron chi connectivity index (χ0n) is 19.7. The third-order valence-electron chi connectivity index (χ3n) is 5.63. The van der Waals surface area contributed by atoms with Crippen LogP contribution in [0.2, 0.25) is 0 Å². The molecule has 7 nitrogen and oxygen atoms in total. The van der Waals surface area contributed by atoms with E-state index in [0.717, 1.165) is 34.1 Å². The predicted molar refractivity (Wildman–Crippen MR) is 126 cm³/mol. The quantitative estimate of drug-likeness (QED) is 0.153. The molecular weight excluding hydrogens is 553 g/mol. The average molecular weight is 568 g/mol. The molecule has 4 aromatic heterocycles. The Balaban J connectivity index is 1.42. The maximum Gasteiger partial charge on any atom is 0.433 e. The maximum atomic E-state index is 14.0. The number of nitrogens with one attached hydrogen (secondary N) is 1. The topological polar surface area (TPSA) is 77.1 Å². The minimum atomic E-state index is -4.80. The smallest absolute Gasteiger partial charge is 0.318 e. The van der Waals surface area contributed by atoms with Crippen LogP contribution in [0.25, 0.3) is 16.2 Å². The van der Waals surface area contributed by atoms with Crippen molar-refractivity contribution >= 4 is 28.6 Å². The summed E-state index contributed by atoms with van der Waals surface area (Å²) in [5.41, 5.74) is -2.46. The van der Waals surface area contributed by atoms with Crippen molar-refractivity contribution in [3.63, 3.8) is 0 Å². The number of halogens is 7. The Morgan fingerprint density at radius 1 is 1.05 bits per heavy atom. The summed E-state index contributed by atoms with van der Waals surface area (Å²) in [6.45, 7) is 1.28. The number of carbonyl (C=O) groups is 1. The van der Waals surface area contributed by atoms with Crippen molar-refractivity contribution < 1.29 is 35.5 Å². The number of thiophene rings is 1. The van der Waals surface area contributed by atoms with E-state index in [-0.39, 0.29) is 23.1 Å². The molecule has 5 rings (SSSR count). The van der Waals surface area contributed by atoms with Crippen molar-refractivity contribution in [2.24, 2.45) is 0 Å². The van der Waals surface area contributed by atoms with Gasteiger partial charge in [0.2, 0.25) is 0 Å². The second kappa shape index (κ2) is 9.80. The van der Waals surface area contributed by atoms with Crippen LogP contribution in [-0.4, -0.2) is 30.3 Å². The van der Waals surface area contributed by atoms with Crippen LogP contribution in [0.15, 0.2) is 42.7 Å². The van der Waals surface area contributed by atoms with Crippen LogP contribution in [0.4, 0.5) is 36.4 Å². The molecule has 1 N–H and O–H groups in total. The fraction of sp³-hybridized carbons (Fsp3) is 0.167. The molecule has 0 aliphatic carbocycles. The van der Waals surface area contributed by atoms with Gasteiger partial charge >= 0.3 is 6.18 Å². The Kier molecular flexibility index (Phi) is 6.62. The molecule has 39 heavy (non-hydrogen) atoms. The predicted octanol–water partition coefficient (Wildman–Crippen LogP) is 6.09. The van der Waals surface area contributed by atoms with Crippen LogP contribution in [-0.2, 0) is 19.1 Å². The Hall–Kier alpha value is -4.27. The average Bonchev–Trinajstić information content (AvgIpc) is 3.63. The number of amides is 1. The molecule has 0 atom stereocenters. The van der Waals surface area contributed by atoms with Crippen LogP contribution in [0.3, 0.4) is 0 Å². The molecule has 5 aromatic rings. The van der Waals surface area contributed by atoms with Gasteiger partial charge in [-0.3, -0.25) is 9.48 Å². The van der Waals surface area contributed by atoms with Crippen LogP contribution < -0.4 is 5.32 Å². The fourth-order valence-corrected chi connectivity index (χ4v) is 4.65. The standard InChI is InChI=1S/C24H15F7N6OS/c1-2-12-3-4-18(39-12)16-6-19(24(29,30)31)37-20(34-16)7-17(35-37)23(38)33-11-8-32-36(9-11)10-13-14(25)5-15(26)22(28)21(13)27/h3-9H,2,10H2,1H3,(H,33,38). The number of benzene rings is 1. The Labute approximate surface area is 218 Å².